The monoisotopic (exact) mass is 404 g/mol. The summed E-state index contributed by atoms with van der Waals surface area (Å²) in [5.74, 6) is -0.507. The zero-order chi connectivity index (χ0) is 19.4. The minimum atomic E-state index is -0.715. The first-order chi connectivity index (χ1) is 13.0. The lowest BCUT2D eigenvalue weighted by Gasteiger charge is -2.28. The van der Waals surface area contributed by atoms with Crippen molar-refractivity contribution in [3.8, 4) is 0 Å². The van der Waals surface area contributed by atoms with Crippen LogP contribution in [0.1, 0.15) is 24.1 Å². The van der Waals surface area contributed by atoms with E-state index >= 15 is 0 Å². The van der Waals surface area contributed by atoms with E-state index in [-0.39, 0.29) is 6.61 Å². The largest absolute Gasteiger partial charge is 0.462 e. The highest BCUT2D eigenvalue weighted by molar-refractivity contribution is 6.35. The van der Waals surface area contributed by atoms with E-state index < -0.39 is 18.0 Å². The molecule has 2 aromatic carbocycles. The number of hydrogen-bond acceptors (Lipinski definition) is 3. The van der Waals surface area contributed by atoms with E-state index in [0.717, 1.165) is 5.56 Å². The number of urea groups is 1. The molecule has 2 aromatic rings. The molecule has 0 saturated heterocycles. The molecular weight excluding hydrogens is 387 g/mol. The number of ether oxygens (including phenoxy) is 1. The normalized spacial score (nSPS) is 16.6. The molecule has 0 fully saturated rings. The first kappa shape index (κ1) is 19.3. The maximum Gasteiger partial charge on any atom is 0.338 e. The van der Waals surface area contributed by atoms with Crippen LogP contribution in [0, 0.1) is 0 Å². The minimum absolute atomic E-state index is 0.231. The molecule has 140 valence electrons. The van der Waals surface area contributed by atoms with E-state index in [1.165, 1.54) is 0 Å². The van der Waals surface area contributed by atoms with Gasteiger partial charge in [-0.15, -0.1) is 0 Å². The lowest BCUT2D eigenvalue weighted by molar-refractivity contribution is -0.139. The Labute approximate surface area is 167 Å². The summed E-state index contributed by atoms with van der Waals surface area (Å²) in [6, 6.07) is 13.5. The summed E-state index contributed by atoms with van der Waals surface area (Å²) in [5, 5.41) is 6.16. The van der Waals surface area contributed by atoms with Gasteiger partial charge in [0.05, 0.1) is 18.2 Å². The fraction of sp³-hybridized carbons (Fsp3) is 0.200. The molecule has 5 nitrogen and oxygen atoms in total. The Hall–Kier alpha value is -2.50. The Morgan fingerprint density at radius 1 is 1.15 bits per heavy atom. The highest BCUT2D eigenvalue weighted by Gasteiger charge is 2.33. The van der Waals surface area contributed by atoms with Crippen LogP contribution in [-0.4, -0.2) is 18.6 Å². The number of rotatable bonds is 5. The van der Waals surface area contributed by atoms with Crippen LogP contribution in [0.2, 0.25) is 10.0 Å². The molecular formula is C20H18Cl2N2O3. The van der Waals surface area contributed by atoms with Crippen molar-refractivity contribution in [1.82, 2.24) is 10.6 Å². The number of amides is 2. The van der Waals surface area contributed by atoms with Crippen LogP contribution in [0.25, 0.3) is 0 Å². The summed E-state index contributed by atoms with van der Waals surface area (Å²) in [5.41, 5.74) is 2.39. The molecule has 7 heteroatoms. The van der Waals surface area contributed by atoms with Crippen molar-refractivity contribution in [1.29, 1.82) is 0 Å². The molecule has 0 unspecified atom stereocenters. The van der Waals surface area contributed by atoms with Crippen molar-refractivity contribution in [3.63, 3.8) is 0 Å². The number of esters is 1. The SMILES string of the molecule is CC1=C(C(=O)OCCc2ccccc2)[C@H](c2ccc(Cl)cc2Cl)NC(=O)N1. The van der Waals surface area contributed by atoms with Gasteiger partial charge < -0.3 is 15.4 Å². The van der Waals surface area contributed by atoms with Crippen molar-refractivity contribution in [2.75, 3.05) is 6.61 Å². The number of benzene rings is 2. The van der Waals surface area contributed by atoms with Gasteiger partial charge in [0.1, 0.15) is 0 Å². The van der Waals surface area contributed by atoms with Gasteiger partial charge in [-0.2, -0.15) is 0 Å². The second-order valence-corrected chi connectivity index (χ2v) is 6.95. The van der Waals surface area contributed by atoms with Gasteiger partial charge in [-0.05, 0) is 30.2 Å². The zero-order valence-corrected chi connectivity index (χ0v) is 16.1. The molecule has 0 aromatic heterocycles. The number of allylic oxidation sites excluding steroid dienone is 1. The summed E-state index contributed by atoms with van der Waals surface area (Å²) < 4.78 is 5.45. The van der Waals surface area contributed by atoms with Crippen molar-refractivity contribution < 1.29 is 14.3 Å². The number of nitrogens with one attached hydrogen (secondary N) is 2. The lowest BCUT2D eigenvalue weighted by Crippen LogP contribution is -2.45. The second-order valence-electron chi connectivity index (χ2n) is 6.11. The minimum Gasteiger partial charge on any atom is -0.462 e. The van der Waals surface area contributed by atoms with Crippen molar-refractivity contribution in [3.05, 3.63) is 81.0 Å². The highest BCUT2D eigenvalue weighted by atomic mass is 35.5. The summed E-state index contributed by atoms with van der Waals surface area (Å²) in [6.45, 7) is 1.89. The van der Waals surface area contributed by atoms with Crippen molar-refractivity contribution in [2.24, 2.45) is 0 Å². The van der Waals surface area contributed by atoms with Gasteiger partial charge in [0.2, 0.25) is 0 Å². The van der Waals surface area contributed by atoms with Crippen LogP contribution in [0.4, 0.5) is 4.79 Å². The molecule has 0 aliphatic carbocycles. The Morgan fingerprint density at radius 2 is 1.89 bits per heavy atom. The maximum absolute atomic E-state index is 12.7. The van der Waals surface area contributed by atoms with Crippen LogP contribution >= 0.6 is 23.2 Å². The Balaban J connectivity index is 1.80. The van der Waals surface area contributed by atoms with Crippen molar-refractivity contribution >= 4 is 35.2 Å². The average molecular weight is 405 g/mol. The molecule has 1 aliphatic rings. The number of hydrogen-bond donors (Lipinski definition) is 2. The fourth-order valence-corrected chi connectivity index (χ4v) is 3.43. The highest BCUT2D eigenvalue weighted by Crippen LogP contribution is 2.33. The van der Waals surface area contributed by atoms with Gasteiger partial charge in [0, 0.05) is 22.2 Å². The molecule has 27 heavy (non-hydrogen) atoms. The molecule has 1 aliphatic heterocycles. The van der Waals surface area contributed by atoms with Crippen LogP contribution < -0.4 is 10.6 Å². The van der Waals surface area contributed by atoms with Gasteiger partial charge in [0.15, 0.2) is 0 Å². The van der Waals surface area contributed by atoms with Gasteiger partial charge in [0.25, 0.3) is 0 Å². The van der Waals surface area contributed by atoms with Crippen LogP contribution in [0.15, 0.2) is 59.8 Å². The standard InChI is InChI=1S/C20H18Cl2N2O3/c1-12-17(19(25)27-10-9-13-5-3-2-4-6-13)18(24-20(26)23-12)15-8-7-14(21)11-16(15)22/h2-8,11,18H,9-10H2,1H3,(H2,23,24,26)/t18-/m0/s1. The number of carbonyl (C=O) groups excluding carboxylic acids is 2. The molecule has 1 heterocycles. The molecule has 0 radical (unpaired) electrons. The zero-order valence-electron chi connectivity index (χ0n) is 14.6. The third kappa shape index (κ3) is 4.62. The van der Waals surface area contributed by atoms with Crippen molar-refractivity contribution in [2.45, 2.75) is 19.4 Å². The van der Waals surface area contributed by atoms with Gasteiger partial charge in [-0.1, -0.05) is 59.6 Å². The molecule has 0 bridgehead atoms. The molecule has 3 rings (SSSR count). The summed E-state index contributed by atoms with van der Waals surface area (Å²) >= 11 is 12.2. The van der Waals surface area contributed by atoms with Gasteiger partial charge in [-0.3, -0.25) is 0 Å². The van der Waals surface area contributed by atoms with E-state index in [2.05, 4.69) is 10.6 Å². The molecule has 0 spiro atoms. The second kappa shape index (κ2) is 8.46. The van der Waals surface area contributed by atoms with E-state index in [1.807, 2.05) is 30.3 Å². The number of halogens is 2. The molecule has 2 N–H and O–H groups in total. The van der Waals surface area contributed by atoms with E-state index in [1.54, 1.807) is 25.1 Å². The first-order valence-corrected chi connectivity index (χ1v) is 9.15. The average Bonchev–Trinajstić information content (AvgIpc) is 2.62. The first-order valence-electron chi connectivity index (χ1n) is 8.40. The lowest BCUT2D eigenvalue weighted by atomic mass is 9.95. The van der Waals surface area contributed by atoms with Crippen LogP contribution in [-0.2, 0) is 16.0 Å². The van der Waals surface area contributed by atoms with Crippen LogP contribution in [0.5, 0.6) is 0 Å². The quantitative estimate of drug-likeness (QED) is 0.725. The van der Waals surface area contributed by atoms with Gasteiger partial charge in [-0.25, -0.2) is 9.59 Å². The van der Waals surface area contributed by atoms with Crippen LogP contribution in [0.3, 0.4) is 0 Å². The van der Waals surface area contributed by atoms with Gasteiger partial charge >= 0.3 is 12.0 Å². The fourth-order valence-electron chi connectivity index (χ4n) is 2.92. The van der Waals surface area contributed by atoms with E-state index in [4.69, 9.17) is 27.9 Å². The molecule has 1 atom stereocenters. The smallest absolute Gasteiger partial charge is 0.338 e. The van der Waals surface area contributed by atoms with E-state index in [0.29, 0.717) is 33.3 Å². The maximum atomic E-state index is 12.7. The molecule has 0 saturated carbocycles. The summed E-state index contributed by atoms with van der Waals surface area (Å²) in [7, 11) is 0. The van der Waals surface area contributed by atoms with E-state index in [9.17, 15) is 9.59 Å². The third-order valence-corrected chi connectivity index (χ3v) is 4.79. The summed E-state index contributed by atoms with van der Waals surface area (Å²) in [4.78, 5) is 24.7. The summed E-state index contributed by atoms with van der Waals surface area (Å²) in [6.07, 6.45) is 0.602. The Bertz CT molecular complexity index is 897. The topological polar surface area (TPSA) is 67.4 Å². The predicted molar refractivity (Wildman–Crippen MR) is 105 cm³/mol. The third-order valence-electron chi connectivity index (χ3n) is 4.23. The number of carbonyl (C=O) groups is 2. The Kier molecular flexibility index (Phi) is 6.04. The Morgan fingerprint density at radius 3 is 2.59 bits per heavy atom. The molecule has 2 amide bonds. The predicted octanol–water partition coefficient (Wildman–Crippen LogP) is 4.41.